The van der Waals surface area contributed by atoms with Crippen molar-refractivity contribution in [3.63, 3.8) is 0 Å². The number of aromatic nitrogens is 1. The van der Waals surface area contributed by atoms with Gasteiger partial charge < -0.3 is 15.4 Å². The van der Waals surface area contributed by atoms with E-state index < -0.39 is 19.5 Å². The van der Waals surface area contributed by atoms with Gasteiger partial charge in [-0.25, -0.2) is 8.42 Å². The first-order valence-electron chi connectivity index (χ1n) is 5.17. The maximum absolute atomic E-state index is 11.5. The molecule has 1 heterocycles. The Balaban J connectivity index is 2.73. The van der Waals surface area contributed by atoms with Crippen LogP contribution in [0.1, 0.15) is 13.8 Å². The lowest BCUT2D eigenvalue weighted by molar-refractivity contribution is -0.389. The minimum atomic E-state index is -3.19. The molecule has 1 aromatic rings. The predicted molar refractivity (Wildman–Crippen MR) is 68.3 cm³/mol. The smallest absolute Gasteiger partial charge is 0.363 e. The molecule has 18 heavy (non-hydrogen) atoms. The van der Waals surface area contributed by atoms with Crippen LogP contribution in [0.3, 0.4) is 0 Å². The summed E-state index contributed by atoms with van der Waals surface area (Å²) in [4.78, 5) is 13.4. The van der Waals surface area contributed by atoms with Crippen molar-refractivity contribution in [2.75, 3.05) is 18.1 Å². The summed E-state index contributed by atoms with van der Waals surface area (Å²) in [5, 5.41) is 13.3. The fourth-order valence-corrected chi connectivity index (χ4v) is 1.38. The normalized spacial score (nSPS) is 12.2. The molecule has 0 aliphatic heterocycles. The van der Waals surface area contributed by atoms with Gasteiger partial charge in [-0.3, -0.25) is 0 Å². The number of nitrogens with zero attached hydrogens (tertiary/aromatic N) is 2. The van der Waals surface area contributed by atoms with Crippen LogP contribution in [0.15, 0.2) is 18.3 Å². The number of nitro groups is 1. The van der Waals surface area contributed by atoms with Gasteiger partial charge in [-0.1, -0.05) is 0 Å². The van der Waals surface area contributed by atoms with Gasteiger partial charge in [0, 0.05) is 18.9 Å². The van der Waals surface area contributed by atoms with Crippen molar-refractivity contribution >= 4 is 21.3 Å². The average molecular weight is 273 g/mol. The Kier molecular flexibility index (Phi) is 3.90. The first-order chi connectivity index (χ1) is 8.13. The van der Waals surface area contributed by atoms with Crippen LogP contribution >= 0.6 is 0 Å². The second kappa shape index (κ2) is 4.89. The number of rotatable bonds is 5. The molecule has 1 aromatic heterocycles. The summed E-state index contributed by atoms with van der Waals surface area (Å²) in [7, 11) is -3.19. The Bertz CT molecular complexity index is 537. The van der Waals surface area contributed by atoms with Gasteiger partial charge in [0.25, 0.3) is 0 Å². The molecule has 0 spiro atoms. The number of nitrogens with one attached hydrogen (secondary N) is 1. The first kappa shape index (κ1) is 14.4. The number of hydrogen-bond donors (Lipinski definition) is 1. The Hall–Kier alpha value is -1.70. The summed E-state index contributed by atoms with van der Waals surface area (Å²) in [6.45, 7) is 3.41. The Morgan fingerprint density at radius 3 is 2.44 bits per heavy atom. The quantitative estimate of drug-likeness (QED) is 0.639. The molecule has 7 nitrogen and oxygen atoms in total. The van der Waals surface area contributed by atoms with Crippen LogP contribution in [0.5, 0.6) is 0 Å². The topological polar surface area (TPSA) is 102 Å². The SMILES string of the molecule is CC(C)(CNc1ccc([N+](=O)[O-])nc1)S(C)(=O)=O. The van der Waals surface area contributed by atoms with E-state index in [9.17, 15) is 18.5 Å². The van der Waals surface area contributed by atoms with Gasteiger partial charge in [-0.2, -0.15) is 0 Å². The van der Waals surface area contributed by atoms with Crippen molar-refractivity contribution in [3.8, 4) is 0 Å². The molecule has 0 unspecified atom stereocenters. The molecule has 1 N–H and O–H groups in total. The Labute approximate surface area is 105 Å². The second-order valence-electron chi connectivity index (χ2n) is 4.55. The molecule has 0 bridgehead atoms. The third-order valence-corrected chi connectivity index (χ3v) is 4.81. The molecule has 0 saturated heterocycles. The second-order valence-corrected chi connectivity index (χ2v) is 7.20. The lowest BCUT2D eigenvalue weighted by Crippen LogP contribution is -2.38. The minimum Gasteiger partial charge on any atom is -0.380 e. The lowest BCUT2D eigenvalue weighted by atomic mass is 10.2. The number of sulfone groups is 1. The van der Waals surface area contributed by atoms with Crippen LogP contribution < -0.4 is 5.32 Å². The lowest BCUT2D eigenvalue weighted by Gasteiger charge is -2.22. The van der Waals surface area contributed by atoms with Crippen LogP contribution in [0, 0.1) is 10.1 Å². The fraction of sp³-hybridized carbons (Fsp3) is 0.500. The summed E-state index contributed by atoms with van der Waals surface area (Å²) >= 11 is 0. The van der Waals surface area contributed by atoms with Crippen LogP contribution in [0.4, 0.5) is 11.5 Å². The zero-order valence-corrected chi connectivity index (χ0v) is 11.2. The summed E-state index contributed by atoms with van der Waals surface area (Å²) in [5.74, 6) is -0.247. The molecular weight excluding hydrogens is 258 g/mol. The highest BCUT2D eigenvalue weighted by Gasteiger charge is 2.29. The van der Waals surface area contributed by atoms with Gasteiger partial charge in [0.2, 0.25) is 0 Å². The average Bonchev–Trinajstić information content (AvgIpc) is 2.25. The fourth-order valence-electron chi connectivity index (χ4n) is 1.04. The third kappa shape index (κ3) is 3.39. The van der Waals surface area contributed by atoms with E-state index >= 15 is 0 Å². The van der Waals surface area contributed by atoms with Crippen LogP contribution in [-0.2, 0) is 9.84 Å². The van der Waals surface area contributed by atoms with E-state index in [1.165, 1.54) is 24.6 Å². The Morgan fingerprint density at radius 2 is 2.06 bits per heavy atom. The van der Waals surface area contributed by atoms with Gasteiger partial charge in [-0.05, 0) is 29.8 Å². The first-order valence-corrected chi connectivity index (χ1v) is 7.06. The van der Waals surface area contributed by atoms with Gasteiger partial charge in [-0.15, -0.1) is 0 Å². The van der Waals surface area contributed by atoms with Crippen molar-refractivity contribution < 1.29 is 13.3 Å². The highest BCUT2D eigenvalue weighted by Crippen LogP contribution is 2.17. The van der Waals surface area contributed by atoms with Crippen molar-refractivity contribution in [3.05, 3.63) is 28.4 Å². The molecule has 8 heteroatoms. The molecule has 0 aromatic carbocycles. The molecule has 0 atom stereocenters. The minimum absolute atomic E-state index is 0.200. The molecule has 0 amide bonds. The van der Waals surface area contributed by atoms with Gasteiger partial charge in [0.05, 0.1) is 10.4 Å². The standard InChI is InChI=1S/C10H15N3O4S/c1-10(2,18(3,16)17)7-12-8-4-5-9(11-6-8)13(14)15/h4-6,12H,7H2,1-3H3. The van der Waals surface area contributed by atoms with Crippen molar-refractivity contribution in [1.82, 2.24) is 4.98 Å². The zero-order chi connectivity index (χ0) is 14.0. The monoisotopic (exact) mass is 273 g/mol. The number of pyridine rings is 1. The summed E-state index contributed by atoms with van der Waals surface area (Å²) < 4.78 is 22.0. The van der Waals surface area contributed by atoms with Gasteiger partial charge in [0.1, 0.15) is 0 Å². The van der Waals surface area contributed by atoms with Gasteiger partial charge >= 0.3 is 5.82 Å². The molecular formula is C10H15N3O4S. The van der Waals surface area contributed by atoms with Crippen molar-refractivity contribution in [2.24, 2.45) is 0 Å². The summed E-state index contributed by atoms with van der Waals surface area (Å²) in [5.41, 5.74) is 0.539. The van der Waals surface area contributed by atoms with E-state index in [1.54, 1.807) is 13.8 Å². The largest absolute Gasteiger partial charge is 0.380 e. The van der Waals surface area contributed by atoms with Crippen LogP contribution in [-0.4, -0.2) is 35.9 Å². The molecule has 100 valence electrons. The molecule has 1 rings (SSSR count). The van der Waals surface area contributed by atoms with E-state index in [-0.39, 0.29) is 12.4 Å². The third-order valence-electron chi connectivity index (χ3n) is 2.66. The predicted octanol–water partition coefficient (Wildman–Crippen LogP) is 1.22. The highest BCUT2D eigenvalue weighted by molar-refractivity contribution is 7.92. The zero-order valence-electron chi connectivity index (χ0n) is 10.4. The van der Waals surface area contributed by atoms with E-state index in [2.05, 4.69) is 10.3 Å². The van der Waals surface area contributed by atoms with Crippen molar-refractivity contribution in [1.29, 1.82) is 0 Å². The van der Waals surface area contributed by atoms with Crippen LogP contribution in [0.25, 0.3) is 0 Å². The van der Waals surface area contributed by atoms with E-state index in [0.29, 0.717) is 5.69 Å². The maximum Gasteiger partial charge on any atom is 0.363 e. The van der Waals surface area contributed by atoms with Crippen molar-refractivity contribution in [2.45, 2.75) is 18.6 Å². The Morgan fingerprint density at radius 1 is 1.44 bits per heavy atom. The molecule has 0 saturated carbocycles. The maximum atomic E-state index is 11.5. The molecule has 0 radical (unpaired) electrons. The van der Waals surface area contributed by atoms with Gasteiger partial charge in [0.15, 0.2) is 16.0 Å². The molecule has 0 aliphatic carbocycles. The molecule has 0 fully saturated rings. The highest BCUT2D eigenvalue weighted by atomic mass is 32.2. The van der Waals surface area contributed by atoms with E-state index in [1.807, 2.05) is 0 Å². The summed E-state index contributed by atoms with van der Waals surface area (Å²) in [6, 6.07) is 2.75. The molecule has 0 aliphatic rings. The number of hydrogen-bond acceptors (Lipinski definition) is 6. The van der Waals surface area contributed by atoms with E-state index in [0.717, 1.165) is 0 Å². The van der Waals surface area contributed by atoms with Crippen LogP contribution in [0.2, 0.25) is 0 Å². The van der Waals surface area contributed by atoms with E-state index in [4.69, 9.17) is 0 Å². The summed E-state index contributed by atoms with van der Waals surface area (Å²) in [6.07, 6.45) is 2.47. The number of anilines is 1.